The molecule has 1 aliphatic rings. The maximum absolute atomic E-state index is 10.1. The zero-order chi connectivity index (χ0) is 12.3. The summed E-state index contributed by atoms with van der Waals surface area (Å²) in [6.45, 7) is 2.05. The van der Waals surface area contributed by atoms with Crippen molar-refractivity contribution in [1.82, 2.24) is 0 Å². The van der Waals surface area contributed by atoms with E-state index in [9.17, 15) is 5.11 Å². The van der Waals surface area contributed by atoms with Gasteiger partial charge in [0.25, 0.3) is 0 Å². The van der Waals surface area contributed by atoms with E-state index >= 15 is 0 Å². The second-order valence-electron chi connectivity index (χ2n) is 5.11. The van der Waals surface area contributed by atoms with Gasteiger partial charge in [0, 0.05) is 7.11 Å². The largest absolute Gasteiger partial charge is 0.393 e. The molecular weight excluding hydrogens is 212 g/mol. The topological polar surface area (TPSA) is 29.5 Å². The van der Waals surface area contributed by atoms with E-state index in [1.165, 1.54) is 5.56 Å². The smallest absolute Gasteiger partial charge is 0.0575 e. The molecule has 1 aromatic rings. The van der Waals surface area contributed by atoms with Crippen molar-refractivity contribution in [2.45, 2.75) is 44.3 Å². The highest BCUT2D eigenvalue weighted by atomic mass is 16.5. The lowest BCUT2D eigenvalue weighted by atomic mass is 10.0. The lowest BCUT2D eigenvalue weighted by Crippen LogP contribution is -2.15. The summed E-state index contributed by atoms with van der Waals surface area (Å²) in [5.41, 5.74) is 1.37. The van der Waals surface area contributed by atoms with E-state index in [1.807, 2.05) is 13.0 Å². The van der Waals surface area contributed by atoms with Crippen LogP contribution in [-0.4, -0.2) is 24.4 Å². The van der Waals surface area contributed by atoms with E-state index in [2.05, 4.69) is 24.3 Å². The first-order chi connectivity index (χ1) is 8.22. The Kier molecular flexibility index (Phi) is 4.19. The minimum absolute atomic E-state index is 0.169. The number of hydrogen-bond acceptors (Lipinski definition) is 2. The molecule has 0 saturated heterocycles. The Labute approximate surface area is 104 Å². The first-order valence-corrected chi connectivity index (χ1v) is 6.48. The minimum Gasteiger partial charge on any atom is -0.393 e. The number of aliphatic hydroxyl groups is 1. The van der Waals surface area contributed by atoms with Gasteiger partial charge in [-0.3, -0.25) is 0 Å². The van der Waals surface area contributed by atoms with Gasteiger partial charge in [-0.2, -0.15) is 0 Å². The zero-order valence-electron chi connectivity index (χ0n) is 10.7. The molecule has 0 amide bonds. The molecule has 2 nitrogen and oxygen atoms in total. The van der Waals surface area contributed by atoms with Gasteiger partial charge >= 0.3 is 0 Å². The first-order valence-electron chi connectivity index (χ1n) is 6.48. The molecule has 2 heteroatoms. The van der Waals surface area contributed by atoms with Crippen LogP contribution in [0, 0.1) is 5.92 Å². The molecule has 0 heterocycles. The standard InChI is InChI=1S/C15H22O2/c1-11(17-2)8-9-15(16)14-10-13(14)12-6-4-3-5-7-12/h3-7,11,13-16H,8-10H2,1-2H3. The quantitative estimate of drug-likeness (QED) is 0.820. The summed E-state index contributed by atoms with van der Waals surface area (Å²) in [7, 11) is 1.72. The number of ether oxygens (including phenoxy) is 1. The Morgan fingerprint density at radius 2 is 2.00 bits per heavy atom. The van der Waals surface area contributed by atoms with Crippen LogP contribution < -0.4 is 0 Å². The normalized spacial score (nSPS) is 26.5. The Balaban J connectivity index is 1.78. The third-order valence-corrected chi connectivity index (χ3v) is 3.83. The highest BCUT2D eigenvalue weighted by molar-refractivity contribution is 5.26. The van der Waals surface area contributed by atoms with Gasteiger partial charge < -0.3 is 9.84 Å². The third kappa shape index (κ3) is 3.30. The van der Waals surface area contributed by atoms with Crippen molar-refractivity contribution in [2.24, 2.45) is 5.92 Å². The summed E-state index contributed by atoms with van der Waals surface area (Å²) in [5.74, 6) is 1.03. The van der Waals surface area contributed by atoms with E-state index in [1.54, 1.807) is 7.11 Å². The molecule has 1 aliphatic carbocycles. The fraction of sp³-hybridized carbons (Fsp3) is 0.600. The number of hydrogen-bond donors (Lipinski definition) is 1. The maximum Gasteiger partial charge on any atom is 0.0575 e. The fourth-order valence-electron chi connectivity index (χ4n) is 2.46. The molecule has 1 saturated carbocycles. The summed E-state index contributed by atoms with van der Waals surface area (Å²) in [5, 5.41) is 10.1. The van der Waals surface area contributed by atoms with E-state index in [0.717, 1.165) is 19.3 Å². The Morgan fingerprint density at radius 1 is 1.29 bits per heavy atom. The first kappa shape index (κ1) is 12.6. The van der Waals surface area contributed by atoms with Crippen LogP contribution in [0.3, 0.4) is 0 Å². The SMILES string of the molecule is COC(C)CCC(O)C1CC1c1ccccc1. The molecule has 2 rings (SSSR count). The average Bonchev–Trinajstić information content (AvgIpc) is 3.17. The predicted molar refractivity (Wildman–Crippen MR) is 69.0 cm³/mol. The van der Waals surface area contributed by atoms with Gasteiger partial charge in [0.1, 0.15) is 0 Å². The number of rotatable bonds is 6. The summed E-state index contributed by atoms with van der Waals surface area (Å²) < 4.78 is 5.20. The Morgan fingerprint density at radius 3 is 2.65 bits per heavy atom. The van der Waals surface area contributed by atoms with Crippen LogP contribution >= 0.6 is 0 Å². The molecule has 4 atom stereocenters. The van der Waals surface area contributed by atoms with Crippen molar-refractivity contribution in [3.05, 3.63) is 35.9 Å². The molecule has 0 bridgehead atoms. The van der Waals surface area contributed by atoms with Crippen LogP contribution in [0.1, 0.15) is 37.7 Å². The summed E-state index contributed by atoms with van der Waals surface area (Å²) in [4.78, 5) is 0. The molecule has 0 aromatic heterocycles. The molecule has 0 aliphatic heterocycles. The van der Waals surface area contributed by atoms with Gasteiger partial charge in [0.05, 0.1) is 12.2 Å². The maximum atomic E-state index is 10.1. The molecule has 17 heavy (non-hydrogen) atoms. The monoisotopic (exact) mass is 234 g/mol. The third-order valence-electron chi connectivity index (χ3n) is 3.83. The second-order valence-corrected chi connectivity index (χ2v) is 5.11. The van der Waals surface area contributed by atoms with Crippen molar-refractivity contribution in [3.63, 3.8) is 0 Å². The zero-order valence-corrected chi connectivity index (χ0v) is 10.7. The van der Waals surface area contributed by atoms with Crippen molar-refractivity contribution < 1.29 is 9.84 Å². The van der Waals surface area contributed by atoms with Crippen LogP contribution in [0.25, 0.3) is 0 Å². The molecule has 0 spiro atoms. The average molecular weight is 234 g/mol. The van der Waals surface area contributed by atoms with Crippen molar-refractivity contribution >= 4 is 0 Å². The van der Waals surface area contributed by atoms with E-state index in [0.29, 0.717) is 11.8 Å². The molecule has 4 unspecified atom stereocenters. The molecule has 1 aromatic carbocycles. The lowest BCUT2D eigenvalue weighted by Gasteiger charge is -2.13. The van der Waals surface area contributed by atoms with Gasteiger partial charge in [-0.05, 0) is 43.6 Å². The van der Waals surface area contributed by atoms with Crippen LogP contribution in [0.2, 0.25) is 0 Å². The number of methoxy groups -OCH3 is 1. The number of benzene rings is 1. The van der Waals surface area contributed by atoms with Crippen molar-refractivity contribution in [3.8, 4) is 0 Å². The molecule has 0 radical (unpaired) electrons. The molecule has 1 fully saturated rings. The van der Waals surface area contributed by atoms with Gasteiger partial charge in [-0.1, -0.05) is 30.3 Å². The van der Waals surface area contributed by atoms with Gasteiger partial charge in [-0.15, -0.1) is 0 Å². The van der Waals surface area contributed by atoms with Crippen LogP contribution in [-0.2, 0) is 4.74 Å². The van der Waals surface area contributed by atoms with Crippen molar-refractivity contribution in [2.75, 3.05) is 7.11 Å². The van der Waals surface area contributed by atoms with E-state index in [-0.39, 0.29) is 12.2 Å². The number of aliphatic hydroxyl groups excluding tert-OH is 1. The lowest BCUT2D eigenvalue weighted by molar-refractivity contribution is 0.0775. The summed E-state index contributed by atoms with van der Waals surface area (Å²) in [6.07, 6.45) is 3.00. The van der Waals surface area contributed by atoms with Gasteiger partial charge in [-0.25, -0.2) is 0 Å². The van der Waals surface area contributed by atoms with Crippen LogP contribution in [0.5, 0.6) is 0 Å². The molecular formula is C15H22O2. The van der Waals surface area contributed by atoms with E-state index in [4.69, 9.17) is 4.74 Å². The highest BCUT2D eigenvalue weighted by Crippen LogP contribution is 2.50. The summed E-state index contributed by atoms with van der Waals surface area (Å²) >= 11 is 0. The second kappa shape index (κ2) is 5.65. The van der Waals surface area contributed by atoms with Crippen LogP contribution in [0.15, 0.2) is 30.3 Å². The molecule has 94 valence electrons. The fourth-order valence-corrected chi connectivity index (χ4v) is 2.46. The van der Waals surface area contributed by atoms with E-state index < -0.39 is 0 Å². The van der Waals surface area contributed by atoms with Crippen molar-refractivity contribution in [1.29, 1.82) is 0 Å². The summed E-state index contributed by atoms with van der Waals surface area (Å²) in [6, 6.07) is 10.5. The van der Waals surface area contributed by atoms with Gasteiger partial charge in [0.15, 0.2) is 0 Å². The van der Waals surface area contributed by atoms with Crippen LogP contribution in [0.4, 0.5) is 0 Å². The minimum atomic E-state index is -0.169. The Hall–Kier alpha value is -0.860. The molecule has 1 N–H and O–H groups in total. The highest BCUT2D eigenvalue weighted by Gasteiger charge is 2.42. The Bertz CT molecular complexity index is 336. The van der Waals surface area contributed by atoms with Gasteiger partial charge in [0.2, 0.25) is 0 Å². The predicted octanol–water partition coefficient (Wildman–Crippen LogP) is 2.97.